The molecule has 2 aliphatic rings. The Morgan fingerprint density at radius 3 is 3.05 bits per heavy atom. The highest BCUT2D eigenvalue weighted by molar-refractivity contribution is 5.50. The van der Waals surface area contributed by atoms with Gasteiger partial charge < -0.3 is 9.47 Å². The normalized spacial score (nSPS) is 22.4. The number of non-ortho nitro benzene ring substituents is 1. The molecule has 2 aliphatic heterocycles. The van der Waals surface area contributed by atoms with Gasteiger partial charge in [-0.15, -0.1) is 0 Å². The summed E-state index contributed by atoms with van der Waals surface area (Å²) in [6, 6.07) is 3.71. The summed E-state index contributed by atoms with van der Waals surface area (Å²) in [7, 11) is 0. The van der Waals surface area contributed by atoms with Gasteiger partial charge in [0.25, 0.3) is 5.69 Å². The summed E-state index contributed by atoms with van der Waals surface area (Å²) in [6.07, 6.45) is 3.63. The lowest BCUT2D eigenvalue weighted by Crippen LogP contribution is -2.37. The van der Waals surface area contributed by atoms with Crippen LogP contribution in [0, 0.1) is 10.1 Å². The van der Waals surface area contributed by atoms with Crippen LogP contribution in [0.2, 0.25) is 0 Å². The summed E-state index contributed by atoms with van der Waals surface area (Å²) in [5.74, 6) is 0.768. The average molecular weight is 292 g/mol. The van der Waals surface area contributed by atoms with Crippen molar-refractivity contribution in [2.75, 3.05) is 13.3 Å². The molecule has 1 saturated heterocycles. The number of hydrogen-bond donors (Lipinski definition) is 0. The Labute approximate surface area is 123 Å². The molecule has 3 rings (SSSR count). The fourth-order valence-corrected chi connectivity index (χ4v) is 3.11. The van der Waals surface area contributed by atoms with Gasteiger partial charge in [-0.05, 0) is 26.3 Å². The Hall–Kier alpha value is -1.66. The van der Waals surface area contributed by atoms with Gasteiger partial charge in [-0.2, -0.15) is 0 Å². The van der Waals surface area contributed by atoms with E-state index < -0.39 is 0 Å². The lowest BCUT2D eigenvalue weighted by Gasteiger charge is -2.34. The first-order chi connectivity index (χ1) is 10.1. The van der Waals surface area contributed by atoms with Crippen LogP contribution < -0.4 is 4.74 Å². The van der Waals surface area contributed by atoms with Crippen molar-refractivity contribution in [3.05, 3.63) is 33.4 Å². The van der Waals surface area contributed by atoms with Crippen LogP contribution in [0.15, 0.2) is 12.1 Å². The molecule has 0 spiro atoms. The third-order valence-corrected chi connectivity index (χ3v) is 4.30. The van der Waals surface area contributed by atoms with Crippen LogP contribution >= 0.6 is 0 Å². The minimum Gasteiger partial charge on any atom is -0.467 e. The maximum Gasteiger partial charge on any atom is 0.270 e. The zero-order valence-electron chi connectivity index (χ0n) is 12.2. The molecule has 21 heavy (non-hydrogen) atoms. The van der Waals surface area contributed by atoms with E-state index in [-0.39, 0.29) is 17.4 Å². The Bertz CT molecular complexity index is 547. The number of rotatable bonds is 3. The van der Waals surface area contributed by atoms with Crippen LogP contribution in [0.5, 0.6) is 5.75 Å². The van der Waals surface area contributed by atoms with Crippen molar-refractivity contribution in [2.24, 2.45) is 0 Å². The number of ether oxygens (including phenoxy) is 2. The summed E-state index contributed by atoms with van der Waals surface area (Å²) in [6.45, 7) is 4.54. The minimum atomic E-state index is -0.349. The van der Waals surface area contributed by atoms with E-state index in [4.69, 9.17) is 9.47 Å². The molecule has 0 aromatic heterocycles. The molecule has 0 aliphatic carbocycles. The molecule has 114 valence electrons. The second-order valence-electron chi connectivity index (χ2n) is 5.78. The maximum absolute atomic E-state index is 11.1. The smallest absolute Gasteiger partial charge is 0.270 e. The van der Waals surface area contributed by atoms with Crippen molar-refractivity contribution in [3.8, 4) is 5.75 Å². The topological polar surface area (TPSA) is 64.8 Å². The van der Waals surface area contributed by atoms with E-state index in [1.54, 1.807) is 12.1 Å². The molecule has 1 aromatic rings. The highest BCUT2D eigenvalue weighted by Gasteiger charge is 2.24. The highest BCUT2D eigenvalue weighted by atomic mass is 16.7. The fraction of sp³-hybridized carbons (Fsp3) is 0.600. The SMILES string of the molecule is CC1CCCCN1Cc1cc([N+](=O)[O-])cc2c1OCOC2. The molecule has 1 fully saturated rings. The quantitative estimate of drug-likeness (QED) is 0.633. The van der Waals surface area contributed by atoms with Crippen LogP contribution in [0.3, 0.4) is 0 Å². The van der Waals surface area contributed by atoms with Gasteiger partial charge in [0.05, 0.1) is 11.5 Å². The summed E-state index contributed by atoms with van der Waals surface area (Å²) in [5.41, 5.74) is 1.79. The van der Waals surface area contributed by atoms with Crippen molar-refractivity contribution in [3.63, 3.8) is 0 Å². The van der Waals surface area contributed by atoms with E-state index >= 15 is 0 Å². The molecular formula is C15H20N2O4. The molecule has 6 heteroatoms. The van der Waals surface area contributed by atoms with Gasteiger partial charge in [-0.1, -0.05) is 6.42 Å². The zero-order chi connectivity index (χ0) is 14.8. The second kappa shape index (κ2) is 5.99. The largest absolute Gasteiger partial charge is 0.467 e. The summed E-state index contributed by atoms with van der Waals surface area (Å²) in [4.78, 5) is 13.1. The van der Waals surface area contributed by atoms with Crippen LogP contribution in [0.4, 0.5) is 5.69 Å². The molecule has 0 bridgehead atoms. The van der Waals surface area contributed by atoms with Crippen LogP contribution in [-0.4, -0.2) is 29.2 Å². The predicted octanol–water partition coefficient (Wildman–Crippen LogP) is 2.84. The van der Waals surface area contributed by atoms with E-state index in [1.807, 2.05) is 0 Å². The van der Waals surface area contributed by atoms with E-state index in [1.165, 1.54) is 19.3 Å². The number of nitro groups is 1. The highest BCUT2D eigenvalue weighted by Crippen LogP contribution is 2.34. The number of benzene rings is 1. The van der Waals surface area contributed by atoms with Crippen molar-refractivity contribution in [1.82, 2.24) is 4.90 Å². The van der Waals surface area contributed by atoms with Gasteiger partial charge in [0.1, 0.15) is 5.75 Å². The maximum atomic E-state index is 11.1. The molecule has 2 heterocycles. The second-order valence-corrected chi connectivity index (χ2v) is 5.78. The number of hydrogen-bond acceptors (Lipinski definition) is 5. The molecule has 1 unspecified atom stereocenters. The van der Waals surface area contributed by atoms with Crippen molar-refractivity contribution in [2.45, 2.75) is 45.4 Å². The molecule has 0 amide bonds. The minimum absolute atomic E-state index is 0.113. The fourth-order valence-electron chi connectivity index (χ4n) is 3.11. The summed E-state index contributed by atoms with van der Waals surface area (Å²) in [5, 5.41) is 11.1. The van der Waals surface area contributed by atoms with E-state index in [2.05, 4.69) is 11.8 Å². The predicted molar refractivity (Wildman–Crippen MR) is 77.1 cm³/mol. The summed E-state index contributed by atoms with van der Waals surface area (Å²) < 4.78 is 10.8. The Balaban J connectivity index is 1.92. The lowest BCUT2D eigenvalue weighted by molar-refractivity contribution is -0.385. The molecule has 0 saturated carbocycles. The third kappa shape index (κ3) is 3.01. The van der Waals surface area contributed by atoms with Crippen molar-refractivity contribution < 1.29 is 14.4 Å². The number of fused-ring (bicyclic) bond motifs is 1. The van der Waals surface area contributed by atoms with Gasteiger partial charge >= 0.3 is 0 Å². The number of likely N-dealkylation sites (tertiary alicyclic amines) is 1. The Morgan fingerprint density at radius 1 is 1.43 bits per heavy atom. The van der Waals surface area contributed by atoms with E-state index in [9.17, 15) is 10.1 Å². The zero-order valence-corrected chi connectivity index (χ0v) is 12.2. The number of nitro benzene ring substituents is 1. The monoisotopic (exact) mass is 292 g/mol. The molecular weight excluding hydrogens is 272 g/mol. The van der Waals surface area contributed by atoms with Gasteiger partial charge in [-0.3, -0.25) is 15.0 Å². The van der Waals surface area contributed by atoms with Gasteiger partial charge in [0, 0.05) is 35.8 Å². The summed E-state index contributed by atoms with van der Waals surface area (Å²) >= 11 is 0. The van der Waals surface area contributed by atoms with Crippen molar-refractivity contribution >= 4 is 5.69 Å². The van der Waals surface area contributed by atoms with E-state index in [0.29, 0.717) is 19.2 Å². The average Bonchev–Trinajstić information content (AvgIpc) is 2.49. The van der Waals surface area contributed by atoms with Crippen molar-refractivity contribution in [1.29, 1.82) is 0 Å². The van der Waals surface area contributed by atoms with Crippen LogP contribution in [0.25, 0.3) is 0 Å². The first-order valence-electron chi connectivity index (χ1n) is 7.40. The van der Waals surface area contributed by atoms with Gasteiger partial charge in [0.15, 0.2) is 6.79 Å². The molecule has 6 nitrogen and oxygen atoms in total. The standard InChI is InChI=1S/C15H20N2O4/c1-11-4-2-3-5-16(11)8-12-6-14(17(18)19)7-13-9-20-10-21-15(12)13/h6-7,11H,2-5,8-10H2,1H3. The Morgan fingerprint density at radius 2 is 2.29 bits per heavy atom. The third-order valence-electron chi connectivity index (χ3n) is 4.30. The van der Waals surface area contributed by atoms with E-state index in [0.717, 1.165) is 23.4 Å². The van der Waals surface area contributed by atoms with Crippen LogP contribution in [-0.2, 0) is 17.9 Å². The number of piperidine rings is 1. The van der Waals surface area contributed by atoms with Gasteiger partial charge in [-0.25, -0.2) is 0 Å². The lowest BCUT2D eigenvalue weighted by atomic mass is 10.0. The molecule has 0 N–H and O–H groups in total. The molecule has 1 aromatic carbocycles. The number of nitrogens with zero attached hydrogens (tertiary/aromatic N) is 2. The van der Waals surface area contributed by atoms with Crippen LogP contribution in [0.1, 0.15) is 37.3 Å². The van der Waals surface area contributed by atoms with Gasteiger partial charge in [0.2, 0.25) is 0 Å². The first-order valence-corrected chi connectivity index (χ1v) is 7.40. The molecule has 1 atom stereocenters. The molecule has 0 radical (unpaired) electrons. The Kier molecular flexibility index (Phi) is 4.07. The first kappa shape index (κ1) is 14.3.